The molecule has 0 aliphatic heterocycles. The van der Waals surface area contributed by atoms with Crippen LogP contribution in [0.2, 0.25) is 0 Å². The molecule has 0 fully saturated rings. The summed E-state index contributed by atoms with van der Waals surface area (Å²) < 4.78 is 1.17. The minimum atomic E-state index is 0.0722. The average molecular weight is 268 g/mol. The van der Waals surface area contributed by atoms with Crippen molar-refractivity contribution in [2.75, 3.05) is 11.6 Å². The van der Waals surface area contributed by atoms with Gasteiger partial charge in [-0.25, -0.2) is 4.98 Å². The predicted octanol–water partition coefficient (Wildman–Crippen LogP) is 3.47. The molecule has 3 nitrogen and oxygen atoms in total. The highest BCUT2D eigenvalue weighted by Gasteiger charge is 2.15. The third-order valence-corrected chi connectivity index (χ3v) is 5.03. The highest BCUT2D eigenvalue weighted by atomic mass is 32.2. The number of aromatic nitrogens is 1. The predicted molar refractivity (Wildman–Crippen MR) is 73.7 cm³/mol. The summed E-state index contributed by atoms with van der Waals surface area (Å²) in [6.07, 6.45) is 9.09. The topological polar surface area (TPSA) is 42.0 Å². The van der Waals surface area contributed by atoms with Crippen LogP contribution in [0.25, 0.3) is 0 Å². The molecule has 17 heavy (non-hydrogen) atoms. The number of hydrogen-bond donors (Lipinski definition) is 1. The van der Waals surface area contributed by atoms with E-state index in [0.29, 0.717) is 12.3 Å². The molecular formula is C12H16N2OS2. The SMILES string of the molecule is CSc1sc(NC(=O)CC2C=CCC2)nc1C. The largest absolute Gasteiger partial charge is 0.302 e. The smallest absolute Gasteiger partial charge is 0.226 e. The molecule has 1 aliphatic carbocycles. The second-order valence-corrected chi connectivity index (χ2v) is 6.19. The van der Waals surface area contributed by atoms with Crippen LogP contribution in [0.1, 0.15) is 25.0 Å². The second kappa shape index (κ2) is 5.69. The molecular weight excluding hydrogens is 252 g/mol. The van der Waals surface area contributed by atoms with Gasteiger partial charge in [0.25, 0.3) is 0 Å². The average Bonchev–Trinajstić information content (AvgIpc) is 2.88. The number of thioether (sulfide) groups is 1. The van der Waals surface area contributed by atoms with E-state index in [1.165, 1.54) is 4.21 Å². The van der Waals surface area contributed by atoms with Gasteiger partial charge in [-0.2, -0.15) is 0 Å². The number of carbonyl (C=O) groups excluding carboxylic acids is 1. The number of hydrogen-bond acceptors (Lipinski definition) is 4. The number of nitrogens with one attached hydrogen (secondary N) is 1. The van der Waals surface area contributed by atoms with Crippen molar-refractivity contribution in [3.05, 3.63) is 17.8 Å². The summed E-state index contributed by atoms with van der Waals surface area (Å²) in [5, 5.41) is 3.61. The Kier molecular flexibility index (Phi) is 4.23. The summed E-state index contributed by atoms with van der Waals surface area (Å²) in [6.45, 7) is 1.97. The van der Waals surface area contributed by atoms with E-state index in [1.807, 2.05) is 13.2 Å². The minimum Gasteiger partial charge on any atom is -0.302 e. The van der Waals surface area contributed by atoms with Crippen molar-refractivity contribution in [1.82, 2.24) is 4.98 Å². The van der Waals surface area contributed by atoms with Crippen molar-refractivity contribution in [3.8, 4) is 0 Å². The summed E-state index contributed by atoms with van der Waals surface area (Å²) in [4.78, 5) is 16.1. The van der Waals surface area contributed by atoms with Gasteiger partial charge in [-0.05, 0) is 31.9 Å². The third-order valence-electron chi connectivity index (χ3n) is 2.75. The van der Waals surface area contributed by atoms with Crippen molar-refractivity contribution in [3.63, 3.8) is 0 Å². The van der Waals surface area contributed by atoms with Crippen LogP contribution in [0.4, 0.5) is 5.13 Å². The Hall–Kier alpha value is -0.810. The fourth-order valence-electron chi connectivity index (χ4n) is 1.90. The van der Waals surface area contributed by atoms with Crippen LogP contribution in [0, 0.1) is 12.8 Å². The van der Waals surface area contributed by atoms with Crippen LogP contribution in [0.15, 0.2) is 16.4 Å². The van der Waals surface area contributed by atoms with Gasteiger partial charge in [-0.3, -0.25) is 4.79 Å². The van der Waals surface area contributed by atoms with Crippen LogP contribution < -0.4 is 5.32 Å². The number of rotatable bonds is 4. The number of anilines is 1. The van der Waals surface area contributed by atoms with E-state index in [9.17, 15) is 4.79 Å². The molecule has 0 aromatic carbocycles. The summed E-state index contributed by atoms with van der Waals surface area (Å²) in [5.41, 5.74) is 0.999. The van der Waals surface area contributed by atoms with Crippen LogP contribution in [-0.4, -0.2) is 17.1 Å². The molecule has 0 radical (unpaired) electrons. The van der Waals surface area contributed by atoms with Gasteiger partial charge in [-0.1, -0.05) is 23.5 Å². The Balaban J connectivity index is 1.90. The fraction of sp³-hybridized carbons (Fsp3) is 0.500. The first-order valence-electron chi connectivity index (χ1n) is 5.67. The normalized spacial score (nSPS) is 18.6. The van der Waals surface area contributed by atoms with E-state index in [2.05, 4.69) is 22.5 Å². The maximum absolute atomic E-state index is 11.8. The van der Waals surface area contributed by atoms with Gasteiger partial charge >= 0.3 is 0 Å². The van der Waals surface area contributed by atoms with Crippen molar-refractivity contribution >= 4 is 34.1 Å². The van der Waals surface area contributed by atoms with Crippen LogP contribution >= 0.6 is 23.1 Å². The fourth-order valence-corrected chi connectivity index (χ4v) is 3.53. The highest BCUT2D eigenvalue weighted by Crippen LogP contribution is 2.30. The van der Waals surface area contributed by atoms with Gasteiger partial charge in [0.1, 0.15) is 0 Å². The summed E-state index contributed by atoms with van der Waals surface area (Å²) >= 11 is 3.22. The maximum atomic E-state index is 11.8. The molecule has 0 bridgehead atoms. The van der Waals surface area contributed by atoms with Crippen LogP contribution in [-0.2, 0) is 4.79 Å². The Morgan fingerprint density at radius 1 is 1.71 bits per heavy atom. The maximum Gasteiger partial charge on any atom is 0.226 e. The number of allylic oxidation sites excluding steroid dienone is 2. The second-order valence-electron chi connectivity index (χ2n) is 4.11. The minimum absolute atomic E-state index is 0.0722. The van der Waals surface area contributed by atoms with Crippen LogP contribution in [0.3, 0.4) is 0 Å². The monoisotopic (exact) mass is 268 g/mol. The molecule has 1 aromatic rings. The van der Waals surface area contributed by atoms with Gasteiger partial charge < -0.3 is 5.32 Å². The van der Waals surface area contributed by atoms with Gasteiger partial charge in [0.15, 0.2) is 5.13 Å². The zero-order valence-electron chi connectivity index (χ0n) is 10.0. The number of thiazole rings is 1. The van der Waals surface area contributed by atoms with Gasteiger partial charge in [0.05, 0.1) is 9.90 Å². The Labute approximate surface area is 110 Å². The quantitative estimate of drug-likeness (QED) is 0.671. The highest BCUT2D eigenvalue weighted by molar-refractivity contribution is 8.00. The Bertz CT molecular complexity index is 440. The van der Waals surface area contributed by atoms with E-state index >= 15 is 0 Å². The lowest BCUT2D eigenvalue weighted by Crippen LogP contribution is -2.14. The first kappa shape index (κ1) is 12.6. The van der Waals surface area contributed by atoms with E-state index in [0.717, 1.165) is 23.7 Å². The number of nitrogens with zero attached hydrogens (tertiary/aromatic N) is 1. The molecule has 1 heterocycles. The summed E-state index contributed by atoms with van der Waals surface area (Å²) in [6, 6.07) is 0. The number of amides is 1. The molecule has 92 valence electrons. The molecule has 1 N–H and O–H groups in total. The van der Waals surface area contributed by atoms with Gasteiger partial charge in [-0.15, -0.1) is 11.8 Å². The summed E-state index contributed by atoms with van der Waals surface area (Å²) in [7, 11) is 0. The molecule has 5 heteroatoms. The molecule has 0 saturated heterocycles. The van der Waals surface area contributed by atoms with Crippen molar-refractivity contribution in [2.45, 2.75) is 30.4 Å². The van der Waals surface area contributed by atoms with Gasteiger partial charge in [0, 0.05) is 6.42 Å². The zero-order chi connectivity index (χ0) is 12.3. The number of carbonyl (C=O) groups is 1. The lowest BCUT2D eigenvalue weighted by atomic mass is 10.1. The van der Waals surface area contributed by atoms with E-state index in [1.54, 1.807) is 23.1 Å². The molecule has 0 spiro atoms. The Morgan fingerprint density at radius 2 is 2.53 bits per heavy atom. The standard InChI is InChI=1S/C12H16N2OS2/c1-8-11(16-2)17-12(13-8)14-10(15)7-9-5-3-4-6-9/h3,5,9H,4,6-7H2,1-2H3,(H,13,14,15). The van der Waals surface area contributed by atoms with Crippen molar-refractivity contribution < 1.29 is 4.79 Å². The third kappa shape index (κ3) is 3.33. The van der Waals surface area contributed by atoms with Crippen molar-refractivity contribution in [1.29, 1.82) is 0 Å². The lowest BCUT2D eigenvalue weighted by molar-refractivity contribution is -0.116. The lowest BCUT2D eigenvalue weighted by Gasteiger charge is -2.06. The molecule has 1 unspecified atom stereocenters. The van der Waals surface area contributed by atoms with E-state index in [4.69, 9.17) is 0 Å². The molecule has 0 saturated carbocycles. The first-order valence-corrected chi connectivity index (χ1v) is 7.71. The first-order chi connectivity index (χ1) is 8.19. The molecule has 1 amide bonds. The number of aryl methyl sites for hydroxylation is 1. The van der Waals surface area contributed by atoms with Crippen molar-refractivity contribution in [2.24, 2.45) is 5.92 Å². The Morgan fingerprint density at radius 3 is 3.12 bits per heavy atom. The van der Waals surface area contributed by atoms with Gasteiger partial charge in [0.2, 0.25) is 5.91 Å². The molecule has 1 atom stereocenters. The molecule has 1 aromatic heterocycles. The molecule has 1 aliphatic rings. The van der Waals surface area contributed by atoms with Crippen LogP contribution in [0.5, 0.6) is 0 Å². The zero-order valence-corrected chi connectivity index (χ0v) is 11.7. The molecule has 2 rings (SSSR count). The summed E-state index contributed by atoms with van der Waals surface area (Å²) in [5.74, 6) is 0.485. The van der Waals surface area contributed by atoms with E-state index in [-0.39, 0.29) is 5.91 Å². The van der Waals surface area contributed by atoms with E-state index < -0.39 is 0 Å².